The van der Waals surface area contributed by atoms with Gasteiger partial charge in [0.25, 0.3) is 0 Å². The molecule has 0 aromatic carbocycles. The van der Waals surface area contributed by atoms with Crippen molar-refractivity contribution in [3.05, 3.63) is 11.6 Å². The number of carbonyl (C=O) groups is 1. The normalized spacial score (nSPS) is 32.5. The van der Waals surface area contributed by atoms with Crippen LogP contribution in [0, 0.1) is 5.92 Å². The highest BCUT2D eigenvalue weighted by Crippen LogP contribution is 2.39. The number of aliphatic carboxylic acids is 1. The Bertz CT molecular complexity index is 355. The third-order valence-corrected chi connectivity index (χ3v) is 5.29. The minimum atomic E-state index is -0.768. The first kappa shape index (κ1) is 13.2. The molecule has 1 aliphatic carbocycles. The molecule has 2 saturated heterocycles. The molecule has 19 heavy (non-hydrogen) atoms. The first-order chi connectivity index (χ1) is 9.22. The van der Waals surface area contributed by atoms with Crippen LogP contribution in [0.15, 0.2) is 11.6 Å². The average Bonchev–Trinajstić information content (AvgIpc) is 2.62. The molecule has 1 N–H and O–H groups in total. The van der Waals surface area contributed by atoms with E-state index >= 15 is 0 Å². The van der Waals surface area contributed by atoms with E-state index in [0.717, 1.165) is 18.8 Å². The number of hydrogen-bond acceptors (Lipinski definition) is 2. The summed E-state index contributed by atoms with van der Waals surface area (Å²) in [5.41, 5.74) is 1.17. The van der Waals surface area contributed by atoms with Gasteiger partial charge >= 0.3 is 5.97 Å². The maximum absolute atomic E-state index is 10.8. The smallest absolute Gasteiger partial charge is 0.328 e. The number of piperidine rings is 1. The van der Waals surface area contributed by atoms with Gasteiger partial charge in [-0.2, -0.15) is 0 Å². The summed E-state index contributed by atoms with van der Waals surface area (Å²) < 4.78 is 0. The molecule has 2 aliphatic heterocycles. The highest BCUT2D eigenvalue weighted by molar-refractivity contribution is 5.80. The summed E-state index contributed by atoms with van der Waals surface area (Å²) >= 11 is 0. The first-order valence-electron chi connectivity index (χ1n) is 7.90. The molecule has 3 aliphatic rings. The van der Waals surface area contributed by atoms with Crippen LogP contribution in [0.25, 0.3) is 0 Å². The van der Waals surface area contributed by atoms with Gasteiger partial charge in [-0.25, -0.2) is 4.79 Å². The van der Waals surface area contributed by atoms with E-state index in [-0.39, 0.29) is 0 Å². The van der Waals surface area contributed by atoms with Gasteiger partial charge in [-0.05, 0) is 44.4 Å². The summed E-state index contributed by atoms with van der Waals surface area (Å²) in [6.07, 6.45) is 13.1. The van der Waals surface area contributed by atoms with Crippen LogP contribution in [0.2, 0.25) is 0 Å². The highest BCUT2D eigenvalue weighted by Gasteiger charge is 2.39. The van der Waals surface area contributed by atoms with Crippen molar-refractivity contribution >= 4 is 5.97 Å². The molecule has 0 spiro atoms. The van der Waals surface area contributed by atoms with E-state index in [4.69, 9.17) is 5.11 Å². The van der Waals surface area contributed by atoms with Gasteiger partial charge in [0.1, 0.15) is 0 Å². The monoisotopic (exact) mass is 263 g/mol. The Morgan fingerprint density at radius 2 is 1.74 bits per heavy atom. The molecular formula is C16H25NO2. The van der Waals surface area contributed by atoms with Crippen LogP contribution in [0.5, 0.6) is 0 Å². The van der Waals surface area contributed by atoms with Crippen molar-refractivity contribution < 1.29 is 9.90 Å². The summed E-state index contributed by atoms with van der Waals surface area (Å²) in [5.74, 6) is 0.136. The first-order valence-corrected chi connectivity index (χ1v) is 7.90. The Labute approximate surface area is 115 Å². The second-order valence-electron chi connectivity index (χ2n) is 6.63. The SMILES string of the molecule is O=C(O)C=C1CC2CCC(C1)N2CC1CCCCC1. The van der Waals surface area contributed by atoms with Gasteiger partial charge in [0.05, 0.1) is 0 Å². The Balaban J connectivity index is 1.61. The molecular weight excluding hydrogens is 238 g/mol. The lowest BCUT2D eigenvalue weighted by Crippen LogP contribution is -2.43. The van der Waals surface area contributed by atoms with Gasteiger partial charge < -0.3 is 5.11 Å². The Kier molecular flexibility index (Phi) is 3.92. The fourth-order valence-electron chi connectivity index (χ4n) is 4.40. The zero-order chi connectivity index (χ0) is 13.2. The lowest BCUT2D eigenvalue weighted by Gasteiger charge is -2.39. The van der Waals surface area contributed by atoms with Crippen LogP contribution < -0.4 is 0 Å². The minimum absolute atomic E-state index is 0.631. The van der Waals surface area contributed by atoms with E-state index in [1.807, 2.05) is 0 Å². The van der Waals surface area contributed by atoms with Gasteiger partial charge in [0, 0.05) is 24.7 Å². The predicted octanol–water partition coefficient (Wildman–Crippen LogP) is 3.20. The topological polar surface area (TPSA) is 40.5 Å². The molecule has 3 heteroatoms. The Morgan fingerprint density at radius 3 is 2.32 bits per heavy atom. The van der Waals surface area contributed by atoms with Crippen molar-refractivity contribution in [2.24, 2.45) is 5.92 Å². The molecule has 2 heterocycles. The number of hydrogen-bond donors (Lipinski definition) is 1. The maximum Gasteiger partial charge on any atom is 0.328 e. The number of fused-ring (bicyclic) bond motifs is 2. The standard InChI is InChI=1S/C16H25NO2/c18-16(19)10-13-8-14-6-7-15(9-13)17(14)11-12-4-2-1-3-5-12/h10,12,14-15H,1-9,11H2,(H,18,19). The molecule has 3 rings (SSSR count). The Hall–Kier alpha value is -0.830. The number of nitrogens with zero attached hydrogens (tertiary/aromatic N) is 1. The highest BCUT2D eigenvalue weighted by atomic mass is 16.4. The van der Waals surface area contributed by atoms with E-state index in [1.165, 1.54) is 63.1 Å². The lowest BCUT2D eigenvalue weighted by molar-refractivity contribution is -0.131. The van der Waals surface area contributed by atoms with E-state index in [9.17, 15) is 4.79 Å². The molecule has 0 amide bonds. The summed E-state index contributed by atoms with van der Waals surface area (Å²) in [4.78, 5) is 13.5. The average molecular weight is 263 g/mol. The van der Waals surface area contributed by atoms with Crippen molar-refractivity contribution in [2.75, 3.05) is 6.54 Å². The third kappa shape index (κ3) is 3.02. The fraction of sp³-hybridized carbons (Fsp3) is 0.812. The lowest BCUT2D eigenvalue weighted by atomic mass is 9.87. The van der Waals surface area contributed by atoms with E-state index in [2.05, 4.69) is 4.90 Å². The molecule has 3 fully saturated rings. The van der Waals surface area contributed by atoms with Gasteiger partial charge in [-0.3, -0.25) is 4.90 Å². The van der Waals surface area contributed by atoms with Gasteiger partial charge in [0.2, 0.25) is 0 Å². The number of rotatable bonds is 3. The third-order valence-electron chi connectivity index (χ3n) is 5.29. The molecule has 0 aromatic heterocycles. The molecule has 0 radical (unpaired) electrons. The van der Waals surface area contributed by atoms with Crippen LogP contribution >= 0.6 is 0 Å². The Morgan fingerprint density at radius 1 is 1.11 bits per heavy atom. The van der Waals surface area contributed by atoms with Gasteiger partial charge in [-0.1, -0.05) is 24.8 Å². The zero-order valence-electron chi connectivity index (χ0n) is 11.7. The van der Waals surface area contributed by atoms with Crippen LogP contribution in [0.1, 0.15) is 57.8 Å². The number of carboxylic acids is 1. The summed E-state index contributed by atoms with van der Waals surface area (Å²) in [7, 11) is 0. The predicted molar refractivity (Wildman–Crippen MR) is 75.0 cm³/mol. The van der Waals surface area contributed by atoms with Gasteiger partial charge in [-0.15, -0.1) is 0 Å². The molecule has 106 valence electrons. The molecule has 3 nitrogen and oxygen atoms in total. The minimum Gasteiger partial charge on any atom is -0.478 e. The van der Waals surface area contributed by atoms with Crippen LogP contribution in [-0.4, -0.2) is 34.6 Å². The van der Waals surface area contributed by atoms with Crippen molar-refractivity contribution in [3.8, 4) is 0 Å². The van der Waals surface area contributed by atoms with Crippen LogP contribution in [0.3, 0.4) is 0 Å². The van der Waals surface area contributed by atoms with E-state index < -0.39 is 5.97 Å². The van der Waals surface area contributed by atoms with Crippen molar-refractivity contribution in [2.45, 2.75) is 69.9 Å². The van der Waals surface area contributed by atoms with Crippen molar-refractivity contribution in [1.29, 1.82) is 0 Å². The quantitative estimate of drug-likeness (QED) is 0.795. The number of carboxylic acid groups (broad SMARTS) is 1. The second kappa shape index (κ2) is 5.66. The van der Waals surface area contributed by atoms with Crippen LogP contribution in [-0.2, 0) is 4.79 Å². The molecule has 2 unspecified atom stereocenters. The molecule has 0 aromatic rings. The summed E-state index contributed by atoms with van der Waals surface area (Å²) in [6.45, 7) is 1.27. The molecule has 2 atom stereocenters. The largest absolute Gasteiger partial charge is 0.478 e. The summed E-state index contributed by atoms with van der Waals surface area (Å²) in [6, 6.07) is 1.26. The van der Waals surface area contributed by atoms with Crippen LogP contribution in [0.4, 0.5) is 0 Å². The molecule has 2 bridgehead atoms. The maximum atomic E-state index is 10.8. The zero-order valence-corrected chi connectivity index (χ0v) is 11.7. The van der Waals surface area contributed by atoms with Crippen molar-refractivity contribution in [1.82, 2.24) is 4.90 Å². The van der Waals surface area contributed by atoms with E-state index in [1.54, 1.807) is 0 Å². The fourth-order valence-corrected chi connectivity index (χ4v) is 4.40. The van der Waals surface area contributed by atoms with Gasteiger partial charge in [0.15, 0.2) is 0 Å². The summed E-state index contributed by atoms with van der Waals surface area (Å²) in [5, 5.41) is 8.90. The van der Waals surface area contributed by atoms with Crippen molar-refractivity contribution in [3.63, 3.8) is 0 Å². The van der Waals surface area contributed by atoms with E-state index in [0.29, 0.717) is 12.1 Å². The second-order valence-corrected chi connectivity index (χ2v) is 6.63. The molecule has 1 saturated carbocycles.